The third-order valence-electron chi connectivity index (χ3n) is 4.98. The summed E-state index contributed by atoms with van der Waals surface area (Å²) in [5, 5.41) is 8.48. The standard InChI is InChI=1S/C18H21FN4O/c19-16-4-2-1-3-13(16)7-8-18(24)22-10-9-15(11-22)23-12-17(20-21-23)14-5-6-14/h1-4,12,14-15H,5-11H2. The summed E-state index contributed by atoms with van der Waals surface area (Å²) in [5.74, 6) is 0.446. The minimum atomic E-state index is -0.236. The summed E-state index contributed by atoms with van der Waals surface area (Å²) >= 11 is 0. The largest absolute Gasteiger partial charge is 0.340 e. The second-order valence-corrected chi connectivity index (χ2v) is 6.77. The van der Waals surface area contributed by atoms with Gasteiger partial charge in [0.2, 0.25) is 5.91 Å². The maximum absolute atomic E-state index is 13.6. The van der Waals surface area contributed by atoms with Gasteiger partial charge in [-0.2, -0.15) is 0 Å². The van der Waals surface area contributed by atoms with E-state index in [0.29, 0.717) is 30.9 Å². The minimum absolute atomic E-state index is 0.0864. The third-order valence-corrected chi connectivity index (χ3v) is 4.98. The molecule has 1 atom stereocenters. The number of carbonyl (C=O) groups excluding carboxylic acids is 1. The summed E-state index contributed by atoms with van der Waals surface area (Å²) in [6, 6.07) is 6.86. The van der Waals surface area contributed by atoms with E-state index in [0.717, 1.165) is 18.7 Å². The average molecular weight is 328 g/mol. The summed E-state index contributed by atoms with van der Waals surface area (Å²) in [6.45, 7) is 1.41. The van der Waals surface area contributed by atoms with Gasteiger partial charge < -0.3 is 4.90 Å². The monoisotopic (exact) mass is 328 g/mol. The van der Waals surface area contributed by atoms with E-state index in [-0.39, 0.29) is 17.8 Å². The molecule has 0 spiro atoms. The predicted octanol–water partition coefficient (Wildman–Crippen LogP) is 2.70. The number of hydrogen-bond acceptors (Lipinski definition) is 3. The summed E-state index contributed by atoms with van der Waals surface area (Å²) in [5.41, 5.74) is 1.69. The molecule has 2 fully saturated rings. The molecule has 1 aliphatic heterocycles. The van der Waals surface area contributed by atoms with E-state index in [9.17, 15) is 9.18 Å². The van der Waals surface area contributed by atoms with Gasteiger partial charge in [-0.25, -0.2) is 9.07 Å². The summed E-state index contributed by atoms with van der Waals surface area (Å²) < 4.78 is 15.5. The summed E-state index contributed by atoms with van der Waals surface area (Å²) in [7, 11) is 0. The van der Waals surface area contributed by atoms with Gasteiger partial charge in [0.1, 0.15) is 5.82 Å². The fourth-order valence-corrected chi connectivity index (χ4v) is 3.32. The third kappa shape index (κ3) is 3.18. The second kappa shape index (κ2) is 6.34. The number of halogens is 1. The van der Waals surface area contributed by atoms with Crippen LogP contribution in [0.15, 0.2) is 30.5 Å². The Morgan fingerprint density at radius 3 is 2.88 bits per heavy atom. The number of nitrogens with zero attached hydrogens (tertiary/aromatic N) is 4. The highest BCUT2D eigenvalue weighted by atomic mass is 19.1. The number of benzene rings is 1. The Hall–Kier alpha value is -2.24. The summed E-state index contributed by atoms with van der Waals surface area (Å²) in [6.07, 6.45) is 6.16. The number of hydrogen-bond donors (Lipinski definition) is 0. The van der Waals surface area contributed by atoms with Crippen LogP contribution in [0.2, 0.25) is 0 Å². The van der Waals surface area contributed by atoms with Crippen LogP contribution in [0, 0.1) is 5.82 Å². The normalized spacial score (nSPS) is 20.5. The zero-order valence-electron chi connectivity index (χ0n) is 13.6. The molecule has 0 radical (unpaired) electrons. The molecule has 2 aliphatic rings. The fraction of sp³-hybridized carbons (Fsp3) is 0.500. The van der Waals surface area contributed by atoms with Crippen molar-refractivity contribution >= 4 is 5.91 Å². The molecule has 1 aromatic carbocycles. The molecule has 1 aromatic heterocycles. The van der Waals surface area contributed by atoms with Crippen molar-refractivity contribution in [3.63, 3.8) is 0 Å². The molecule has 4 rings (SSSR count). The highest BCUT2D eigenvalue weighted by Gasteiger charge is 2.31. The summed E-state index contributed by atoms with van der Waals surface area (Å²) in [4.78, 5) is 14.3. The lowest BCUT2D eigenvalue weighted by Gasteiger charge is -2.16. The zero-order valence-corrected chi connectivity index (χ0v) is 13.6. The van der Waals surface area contributed by atoms with Crippen molar-refractivity contribution in [3.05, 3.63) is 47.5 Å². The van der Waals surface area contributed by atoms with Crippen LogP contribution < -0.4 is 0 Å². The van der Waals surface area contributed by atoms with Gasteiger partial charge in [-0.1, -0.05) is 23.4 Å². The van der Waals surface area contributed by atoms with E-state index in [1.54, 1.807) is 18.2 Å². The quantitative estimate of drug-likeness (QED) is 0.848. The number of carbonyl (C=O) groups is 1. The first-order valence-corrected chi connectivity index (χ1v) is 8.63. The van der Waals surface area contributed by atoms with Gasteiger partial charge in [-0.15, -0.1) is 5.10 Å². The molecular weight excluding hydrogens is 307 g/mol. The predicted molar refractivity (Wildman–Crippen MR) is 87.0 cm³/mol. The Morgan fingerprint density at radius 1 is 1.25 bits per heavy atom. The van der Waals surface area contributed by atoms with Crippen LogP contribution in [0.4, 0.5) is 4.39 Å². The Bertz CT molecular complexity index is 740. The van der Waals surface area contributed by atoms with Gasteiger partial charge in [0.15, 0.2) is 0 Å². The molecule has 6 heteroatoms. The van der Waals surface area contributed by atoms with E-state index < -0.39 is 0 Å². The van der Waals surface area contributed by atoms with Gasteiger partial charge in [0, 0.05) is 31.6 Å². The lowest BCUT2D eigenvalue weighted by Crippen LogP contribution is -2.29. The van der Waals surface area contributed by atoms with Crippen LogP contribution in [0.3, 0.4) is 0 Å². The van der Waals surface area contributed by atoms with Gasteiger partial charge >= 0.3 is 0 Å². The Morgan fingerprint density at radius 2 is 2.08 bits per heavy atom. The van der Waals surface area contributed by atoms with E-state index in [4.69, 9.17) is 0 Å². The van der Waals surface area contributed by atoms with Crippen LogP contribution in [0.5, 0.6) is 0 Å². The van der Waals surface area contributed by atoms with Gasteiger partial charge in [-0.05, 0) is 37.3 Å². The first-order chi connectivity index (χ1) is 11.7. The molecule has 2 aromatic rings. The van der Waals surface area contributed by atoms with Crippen LogP contribution in [0.1, 0.15) is 48.9 Å². The van der Waals surface area contributed by atoms with Crippen LogP contribution in [0.25, 0.3) is 0 Å². The van der Waals surface area contributed by atoms with E-state index in [1.807, 2.05) is 15.8 Å². The van der Waals surface area contributed by atoms with Crippen molar-refractivity contribution < 1.29 is 9.18 Å². The zero-order chi connectivity index (χ0) is 16.5. The van der Waals surface area contributed by atoms with Gasteiger partial charge in [0.25, 0.3) is 0 Å². The number of aromatic nitrogens is 3. The van der Waals surface area contributed by atoms with Gasteiger partial charge in [-0.3, -0.25) is 4.79 Å². The average Bonchev–Trinajstić information content (AvgIpc) is 3.12. The van der Waals surface area contributed by atoms with E-state index >= 15 is 0 Å². The molecule has 24 heavy (non-hydrogen) atoms. The van der Waals surface area contributed by atoms with Crippen molar-refractivity contribution in [2.45, 2.75) is 44.1 Å². The molecule has 5 nitrogen and oxygen atoms in total. The maximum Gasteiger partial charge on any atom is 0.222 e. The lowest BCUT2D eigenvalue weighted by atomic mass is 10.1. The number of rotatable bonds is 5. The number of likely N-dealkylation sites (tertiary alicyclic amines) is 1. The molecular formula is C18H21FN4O. The molecule has 1 aliphatic carbocycles. The molecule has 2 heterocycles. The second-order valence-electron chi connectivity index (χ2n) is 6.77. The molecule has 1 amide bonds. The SMILES string of the molecule is O=C(CCc1ccccc1F)N1CCC(n2cc(C3CC3)nn2)C1. The van der Waals surface area contributed by atoms with E-state index in [2.05, 4.69) is 10.3 Å². The first-order valence-electron chi connectivity index (χ1n) is 8.63. The van der Waals surface area contributed by atoms with E-state index in [1.165, 1.54) is 18.9 Å². The smallest absolute Gasteiger partial charge is 0.222 e. The van der Waals surface area contributed by atoms with Crippen molar-refractivity contribution in [1.29, 1.82) is 0 Å². The lowest BCUT2D eigenvalue weighted by molar-refractivity contribution is -0.130. The molecule has 1 unspecified atom stereocenters. The van der Waals surface area contributed by atoms with Gasteiger partial charge in [0.05, 0.1) is 11.7 Å². The van der Waals surface area contributed by atoms with Crippen LogP contribution >= 0.6 is 0 Å². The highest BCUT2D eigenvalue weighted by molar-refractivity contribution is 5.76. The molecule has 1 saturated heterocycles. The maximum atomic E-state index is 13.6. The number of aryl methyl sites for hydroxylation is 1. The molecule has 1 saturated carbocycles. The van der Waals surface area contributed by atoms with Crippen molar-refractivity contribution in [3.8, 4) is 0 Å². The van der Waals surface area contributed by atoms with Crippen molar-refractivity contribution in [2.75, 3.05) is 13.1 Å². The minimum Gasteiger partial charge on any atom is -0.340 e. The Balaban J connectivity index is 1.32. The van der Waals surface area contributed by atoms with Crippen LogP contribution in [-0.2, 0) is 11.2 Å². The Labute approximate surface area is 140 Å². The molecule has 126 valence electrons. The number of amides is 1. The topological polar surface area (TPSA) is 51.0 Å². The van der Waals surface area contributed by atoms with Crippen molar-refractivity contribution in [1.82, 2.24) is 19.9 Å². The molecule has 0 N–H and O–H groups in total. The first kappa shape index (κ1) is 15.3. The Kier molecular flexibility index (Phi) is 4.04. The molecule has 0 bridgehead atoms. The van der Waals surface area contributed by atoms with Crippen molar-refractivity contribution in [2.24, 2.45) is 0 Å². The highest BCUT2D eigenvalue weighted by Crippen LogP contribution is 2.39. The fourth-order valence-electron chi connectivity index (χ4n) is 3.32. The van der Waals surface area contributed by atoms with Crippen LogP contribution in [-0.4, -0.2) is 38.9 Å².